The van der Waals surface area contributed by atoms with Crippen molar-refractivity contribution < 1.29 is 23.4 Å². The van der Waals surface area contributed by atoms with Crippen LogP contribution >= 0.6 is 0 Å². The summed E-state index contributed by atoms with van der Waals surface area (Å²) in [6.45, 7) is 4.79. The van der Waals surface area contributed by atoms with Crippen LogP contribution in [0.25, 0.3) is 10.9 Å². The number of nitrogens with one attached hydrogen (secondary N) is 1. The molecular weight excluding hydrogens is 496 g/mol. The number of rotatable bonds is 12. The lowest BCUT2D eigenvalue weighted by Gasteiger charge is -2.24. The van der Waals surface area contributed by atoms with E-state index in [0.717, 1.165) is 12.5 Å². The lowest BCUT2D eigenvalue weighted by Crippen LogP contribution is -2.43. The summed E-state index contributed by atoms with van der Waals surface area (Å²) in [7, 11) is 0. The molecular formula is C26H29F2N7O3. The molecule has 0 unspecified atom stereocenters. The smallest absolute Gasteiger partial charge is 0.239 e. The van der Waals surface area contributed by atoms with E-state index in [1.807, 2.05) is 13.8 Å². The number of aromatic nitrogens is 4. The number of aliphatic hydroxyl groups is 1. The van der Waals surface area contributed by atoms with Crippen LogP contribution in [0.15, 0.2) is 55.1 Å². The van der Waals surface area contributed by atoms with E-state index in [4.69, 9.17) is 10.5 Å². The van der Waals surface area contributed by atoms with E-state index in [1.165, 1.54) is 40.4 Å². The molecule has 1 amide bonds. The number of aliphatic hydroxyl groups excluding tert-OH is 1. The fourth-order valence-electron chi connectivity index (χ4n) is 3.79. The standard InChI is InChI=1S/C26H29F2N7O3/c1-26(2,15-36)32-9-4-10-38-18-7-8-19-21(11-18)30-16-31-25(19)35(22-6-3-5-20(27)24(22)28)17-12-33-34(13-17)14-23(29)37/h3,5-8,11-13,16,32,36H,4,9-10,14-15H2,1-2H3,(H2,29,37). The van der Waals surface area contributed by atoms with Gasteiger partial charge in [0, 0.05) is 23.2 Å². The van der Waals surface area contributed by atoms with Gasteiger partial charge in [-0.15, -0.1) is 0 Å². The predicted octanol–water partition coefficient (Wildman–Crippen LogP) is 3.19. The van der Waals surface area contributed by atoms with E-state index in [0.29, 0.717) is 35.5 Å². The number of ether oxygens (including phenoxy) is 1. The summed E-state index contributed by atoms with van der Waals surface area (Å²) in [5.41, 5.74) is 5.68. The highest BCUT2D eigenvalue weighted by Gasteiger charge is 2.23. The fraction of sp³-hybridized carbons (Fsp3) is 0.308. The van der Waals surface area contributed by atoms with Crippen molar-refractivity contribution in [3.8, 4) is 5.75 Å². The number of fused-ring (bicyclic) bond motifs is 1. The Morgan fingerprint density at radius 1 is 1.24 bits per heavy atom. The number of anilines is 3. The van der Waals surface area contributed by atoms with E-state index in [9.17, 15) is 14.3 Å². The SMILES string of the molecule is CC(C)(CO)NCCCOc1ccc2c(N(c3cnn(CC(N)=O)c3)c3cccc(F)c3F)ncnc2c1. The molecule has 4 N–H and O–H groups in total. The Morgan fingerprint density at radius 3 is 2.82 bits per heavy atom. The van der Waals surface area contributed by atoms with Crippen molar-refractivity contribution in [1.82, 2.24) is 25.1 Å². The number of hydrogen-bond acceptors (Lipinski definition) is 8. The minimum absolute atomic E-state index is 0.0308. The highest BCUT2D eigenvalue weighted by Crippen LogP contribution is 2.39. The van der Waals surface area contributed by atoms with Gasteiger partial charge in [-0.05, 0) is 51.1 Å². The molecule has 4 rings (SSSR count). The Balaban J connectivity index is 1.64. The summed E-state index contributed by atoms with van der Waals surface area (Å²) < 4.78 is 36.4. The zero-order valence-corrected chi connectivity index (χ0v) is 21.1. The van der Waals surface area contributed by atoms with Crippen LogP contribution in [-0.2, 0) is 11.3 Å². The fourth-order valence-corrected chi connectivity index (χ4v) is 3.79. The highest BCUT2D eigenvalue weighted by molar-refractivity contribution is 5.95. The summed E-state index contributed by atoms with van der Waals surface area (Å²) in [4.78, 5) is 21.5. The van der Waals surface area contributed by atoms with Crippen LogP contribution in [0.5, 0.6) is 5.75 Å². The van der Waals surface area contributed by atoms with Crippen LogP contribution < -0.4 is 20.7 Å². The van der Waals surface area contributed by atoms with Crippen molar-refractivity contribution in [2.24, 2.45) is 5.73 Å². The Bertz CT molecular complexity index is 1430. The molecule has 12 heteroatoms. The number of benzene rings is 2. The number of halogens is 2. The minimum atomic E-state index is -1.07. The second-order valence-corrected chi connectivity index (χ2v) is 9.32. The third kappa shape index (κ3) is 6.21. The molecule has 0 bridgehead atoms. The summed E-state index contributed by atoms with van der Waals surface area (Å²) in [5.74, 6) is -1.83. The first kappa shape index (κ1) is 26.9. The summed E-state index contributed by atoms with van der Waals surface area (Å²) in [6, 6.07) is 9.06. The first-order chi connectivity index (χ1) is 18.2. The van der Waals surface area contributed by atoms with Gasteiger partial charge in [0.2, 0.25) is 5.91 Å². The predicted molar refractivity (Wildman–Crippen MR) is 138 cm³/mol. The largest absolute Gasteiger partial charge is 0.493 e. The molecule has 10 nitrogen and oxygen atoms in total. The first-order valence-corrected chi connectivity index (χ1v) is 12.0. The molecule has 38 heavy (non-hydrogen) atoms. The molecule has 0 saturated carbocycles. The molecule has 0 atom stereocenters. The molecule has 0 spiro atoms. The van der Waals surface area contributed by atoms with Crippen molar-refractivity contribution in [3.63, 3.8) is 0 Å². The molecule has 2 heterocycles. The molecule has 0 aliphatic carbocycles. The van der Waals surface area contributed by atoms with Crippen LogP contribution in [0.1, 0.15) is 20.3 Å². The van der Waals surface area contributed by atoms with Crippen molar-refractivity contribution in [2.45, 2.75) is 32.4 Å². The highest BCUT2D eigenvalue weighted by atomic mass is 19.2. The van der Waals surface area contributed by atoms with Gasteiger partial charge >= 0.3 is 0 Å². The second-order valence-electron chi connectivity index (χ2n) is 9.32. The van der Waals surface area contributed by atoms with Crippen molar-refractivity contribution >= 4 is 34.0 Å². The van der Waals surface area contributed by atoms with Crippen molar-refractivity contribution in [1.29, 1.82) is 0 Å². The number of amides is 1. The van der Waals surface area contributed by atoms with E-state index >= 15 is 4.39 Å². The average Bonchev–Trinajstić information content (AvgIpc) is 3.33. The summed E-state index contributed by atoms with van der Waals surface area (Å²) in [5, 5.41) is 17.3. The molecule has 0 saturated heterocycles. The van der Waals surface area contributed by atoms with Crippen molar-refractivity contribution in [3.05, 3.63) is 66.8 Å². The van der Waals surface area contributed by atoms with Gasteiger partial charge < -0.3 is 20.9 Å². The van der Waals surface area contributed by atoms with Gasteiger partial charge in [-0.1, -0.05) is 6.07 Å². The molecule has 4 aromatic rings. The maximum Gasteiger partial charge on any atom is 0.239 e. The monoisotopic (exact) mass is 525 g/mol. The van der Waals surface area contributed by atoms with Gasteiger partial charge in [0.1, 0.15) is 24.4 Å². The van der Waals surface area contributed by atoms with Crippen molar-refractivity contribution in [2.75, 3.05) is 24.7 Å². The topological polar surface area (TPSA) is 131 Å². The molecule has 0 radical (unpaired) electrons. The Hall–Kier alpha value is -4.16. The van der Waals surface area contributed by atoms with Gasteiger partial charge in [-0.3, -0.25) is 14.4 Å². The second kappa shape index (κ2) is 11.5. The zero-order chi connectivity index (χ0) is 27.3. The van der Waals surface area contributed by atoms with E-state index in [2.05, 4.69) is 20.4 Å². The number of nitrogens with two attached hydrogens (primary N) is 1. The Morgan fingerprint density at radius 2 is 2.05 bits per heavy atom. The number of carbonyl (C=O) groups is 1. The maximum atomic E-state index is 15.0. The molecule has 200 valence electrons. The number of primary amides is 1. The third-order valence-corrected chi connectivity index (χ3v) is 5.76. The molecule has 2 aromatic carbocycles. The lowest BCUT2D eigenvalue weighted by atomic mass is 10.1. The Labute approximate surface area is 218 Å². The quantitative estimate of drug-likeness (QED) is 0.240. The third-order valence-electron chi connectivity index (χ3n) is 5.76. The molecule has 0 aliphatic heterocycles. The van der Waals surface area contributed by atoms with Crippen LogP contribution in [0.4, 0.5) is 26.0 Å². The van der Waals surface area contributed by atoms with Gasteiger partial charge in [0.15, 0.2) is 11.6 Å². The zero-order valence-electron chi connectivity index (χ0n) is 21.1. The lowest BCUT2D eigenvalue weighted by molar-refractivity contribution is -0.118. The molecule has 2 aromatic heterocycles. The average molecular weight is 526 g/mol. The number of carbonyl (C=O) groups excluding carboxylic acids is 1. The minimum Gasteiger partial charge on any atom is -0.493 e. The number of nitrogens with zero attached hydrogens (tertiary/aromatic N) is 5. The Kier molecular flexibility index (Phi) is 8.13. The summed E-state index contributed by atoms with van der Waals surface area (Å²) >= 11 is 0. The van der Waals surface area contributed by atoms with E-state index in [1.54, 1.807) is 18.2 Å². The first-order valence-electron chi connectivity index (χ1n) is 12.0. The van der Waals surface area contributed by atoms with Gasteiger partial charge in [0.05, 0.1) is 36.3 Å². The van der Waals surface area contributed by atoms with E-state index < -0.39 is 17.5 Å². The van der Waals surface area contributed by atoms with Gasteiger partial charge in [-0.25, -0.2) is 18.7 Å². The van der Waals surface area contributed by atoms with Crippen LogP contribution in [0.2, 0.25) is 0 Å². The van der Waals surface area contributed by atoms with E-state index in [-0.39, 0.29) is 30.2 Å². The van der Waals surface area contributed by atoms with Gasteiger partial charge in [-0.2, -0.15) is 5.10 Å². The number of hydrogen-bond donors (Lipinski definition) is 3. The molecule has 0 aliphatic rings. The van der Waals surface area contributed by atoms with Crippen LogP contribution in [0, 0.1) is 11.6 Å². The van der Waals surface area contributed by atoms with Crippen LogP contribution in [0.3, 0.4) is 0 Å². The van der Waals surface area contributed by atoms with Gasteiger partial charge in [0.25, 0.3) is 0 Å². The van der Waals surface area contributed by atoms with Crippen LogP contribution in [-0.4, -0.2) is 56.1 Å². The maximum absolute atomic E-state index is 15.0. The normalized spacial score (nSPS) is 11.6. The molecule has 0 fully saturated rings. The summed E-state index contributed by atoms with van der Waals surface area (Å²) in [6.07, 6.45) is 4.94.